The number of hydrogen-bond donors (Lipinski definition) is 6. The Bertz CT molecular complexity index is 2270. The lowest BCUT2D eigenvalue weighted by atomic mass is 9.83. The molecule has 0 aliphatic carbocycles. The van der Waals surface area contributed by atoms with E-state index in [-0.39, 0.29) is 68.8 Å². The number of benzene rings is 4. The molecule has 56 heavy (non-hydrogen) atoms. The third kappa shape index (κ3) is 7.40. The summed E-state index contributed by atoms with van der Waals surface area (Å²) in [6.45, 7) is 15.1. The number of rotatable bonds is 13. The number of furan rings is 2. The largest absolute Gasteiger partial charge is 0.507 e. The molecule has 0 saturated carbocycles. The molecule has 0 spiro atoms. The molecular weight excluding hydrogens is 709 g/mol. The molecule has 2 aromatic heterocycles. The van der Waals surface area contributed by atoms with Crippen LogP contribution in [0.2, 0.25) is 0 Å². The average molecular weight is 761 g/mol. The maximum atomic E-state index is 12.4. The first kappa shape index (κ1) is 39.8. The van der Waals surface area contributed by atoms with Crippen LogP contribution in [0, 0.1) is 13.8 Å². The van der Waals surface area contributed by atoms with Crippen LogP contribution in [0.1, 0.15) is 111 Å². The van der Waals surface area contributed by atoms with Crippen molar-refractivity contribution in [2.45, 2.75) is 105 Å². The second kappa shape index (κ2) is 16.1. The molecule has 0 fully saturated rings. The fourth-order valence-corrected chi connectivity index (χ4v) is 7.79. The third-order valence-corrected chi connectivity index (χ3v) is 10.7. The highest BCUT2D eigenvalue weighted by Gasteiger charge is 2.29. The summed E-state index contributed by atoms with van der Waals surface area (Å²) >= 11 is 0. The van der Waals surface area contributed by atoms with Gasteiger partial charge in [-0.1, -0.05) is 39.8 Å². The minimum Gasteiger partial charge on any atom is -0.507 e. The molecular formula is C46H52N2O8. The fraction of sp³-hybridized carbons (Fsp3) is 0.348. The predicted molar refractivity (Wildman–Crippen MR) is 223 cm³/mol. The number of phenolic OH excluding ortho intramolecular Hbond substituents is 6. The molecule has 2 atom stereocenters. The maximum Gasteiger partial charge on any atom is 0.167 e. The van der Waals surface area contributed by atoms with Gasteiger partial charge in [0.2, 0.25) is 0 Å². The minimum absolute atomic E-state index is 0.143. The van der Waals surface area contributed by atoms with Crippen molar-refractivity contribution in [2.75, 3.05) is 0 Å². The molecule has 6 aromatic rings. The van der Waals surface area contributed by atoms with Crippen LogP contribution < -0.4 is 0 Å². The average Bonchev–Trinajstić information content (AvgIpc) is 3.87. The third-order valence-electron chi connectivity index (χ3n) is 10.7. The van der Waals surface area contributed by atoms with Gasteiger partial charge in [0.15, 0.2) is 23.0 Å². The van der Waals surface area contributed by atoms with Crippen molar-refractivity contribution < 1.29 is 39.5 Å². The van der Waals surface area contributed by atoms with Crippen molar-refractivity contribution in [3.05, 3.63) is 93.8 Å². The van der Waals surface area contributed by atoms with Crippen molar-refractivity contribution in [2.24, 2.45) is 9.98 Å². The van der Waals surface area contributed by atoms with Crippen molar-refractivity contribution in [3.8, 4) is 45.6 Å². The number of aliphatic imine (C=N–C) groups is 2. The zero-order valence-corrected chi connectivity index (χ0v) is 33.3. The van der Waals surface area contributed by atoms with Gasteiger partial charge >= 0.3 is 0 Å². The Balaban J connectivity index is 1.57. The number of aryl methyl sites for hydroxylation is 4. The predicted octanol–water partition coefficient (Wildman–Crippen LogP) is 10.8. The highest BCUT2D eigenvalue weighted by Crippen LogP contribution is 2.54. The van der Waals surface area contributed by atoms with Gasteiger partial charge in [-0.25, -0.2) is 0 Å². The minimum atomic E-state index is -0.408. The van der Waals surface area contributed by atoms with Crippen molar-refractivity contribution in [3.63, 3.8) is 0 Å². The molecule has 0 aliphatic heterocycles. The highest BCUT2D eigenvalue weighted by molar-refractivity contribution is 6.15. The van der Waals surface area contributed by atoms with E-state index >= 15 is 0 Å². The standard InChI is InChI=1S/C46H52N2O8/c1-23(2)35-31-19-25(5)37(43(51)39(31)33(41(49)45(35)53)21-47-27(7)13-15-29-11-9-17-55-29)38-26(6)20-32-36(24(3)4)46(54)42(50)34(40(32)44(38)52)22-48-28(8)14-16-30-12-10-18-56-30/h9-12,17-24,27-28,49-54H,13-16H2,1-8H3/t27-,28-/m0/s1. The van der Waals surface area contributed by atoms with Gasteiger partial charge in [0.1, 0.15) is 23.0 Å². The van der Waals surface area contributed by atoms with Crippen molar-refractivity contribution in [1.29, 1.82) is 0 Å². The molecule has 4 aromatic carbocycles. The van der Waals surface area contributed by atoms with Gasteiger partial charge < -0.3 is 39.5 Å². The molecule has 0 aliphatic rings. The van der Waals surface area contributed by atoms with E-state index in [9.17, 15) is 30.6 Å². The van der Waals surface area contributed by atoms with Gasteiger partial charge in [-0.15, -0.1) is 0 Å². The molecule has 0 bridgehead atoms. The van der Waals surface area contributed by atoms with Crippen LogP contribution in [-0.2, 0) is 12.8 Å². The number of phenols is 6. The molecule has 0 amide bonds. The van der Waals surface area contributed by atoms with E-state index in [1.807, 2.05) is 91.8 Å². The molecule has 10 heteroatoms. The first-order chi connectivity index (χ1) is 26.6. The topological polar surface area (TPSA) is 172 Å². The molecule has 6 N–H and O–H groups in total. The van der Waals surface area contributed by atoms with Crippen LogP contribution in [0.4, 0.5) is 0 Å². The van der Waals surface area contributed by atoms with E-state index in [2.05, 4.69) is 0 Å². The summed E-state index contributed by atoms with van der Waals surface area (Å²) in [6, 6.07) is 10.8. The summed E-state index contributed by atoms with van der Waals surface area (Å²) < 4.78 is 10.9. The van der Waals surface area contributed by atoms with Crippen LogP contribution in [0.25, 0.3) is 32.7 Å². The lowest BCUT2D eigenvalue weighted by Crippen LogP contribution is -2.04. The monoisotopic (exact) mass is 760 g/mol. The molecule has 2 heterocycles. The molecule has 0 radical (unpaired) electrons. The second-order valence-electron chi connectivity index (χ2n) is 15.5. The van der Waals surface area contributed by atoms with Crippen LogP contribution in [0.5, 0.6) is 34.5 Å². The Morgan fingerprint density at radius 2 is 0.929 bits per heavy atom. The summed E-state index contributed by atoms with van der Waals surface area (Å²) in [5.41, 5.74) is 3.03. The number of fused-ring (bicyclic) bond motifs is 2. The number of nitrogens with zero attached hydrogens (tertiary/aromatic N) is 2. The van der Waals surface area contributed by atoms with Gasteiger partial charge in [0.25, 0.3) is 0 Å². The summed E-state index contributed by atoms with van der Waals surface area (Å²) in [6.07, 6.45) is 8.86. The molecule has 10 nitrogen and oxygen atoms in total. The summed E-state index contributed by atoms with van der Waals surface area (Å²) in [4.78, 5) is 9.42. The molecule has 0 unspecified atom stereocenters. The lowest BCUT2D eigenvalue weighted by Gasteiger charge is -2.23. The maximum absolute atomic E-state index is 12.4. The fourth-order valence-electron chi connectivity index (χ4n) is 7.79. The van der Waals surface area contributed by atoms with Crippen LogP contribution >= 0.6 is 0 Å². The van der Waals surface area contributed by atoms with Gasteiger partial charge in [-0.05, 0) is 98.5 Å². The lowest BCUT2D eigenvalue weighted by molar-refractivity contribution is 0.398. The normalized spacial score (nSPS) is 13.4. The number of hydrogen-bond acceptors (Lipinski definition) is 10. The summed E-state index contributed by atoms with van der Waals surface area (Å²) in [5, 5.41) is 72.1. The van der Waals surface area contributed by atoms with Crippen LogP contribution in [0.3, 0.4) is 0 Å². The zero-order valence-electron chi connectivity index (χ0n) is 33.3. The SMILES string of the molecule is Cc1cc2c(C(C)C)c(O)c(O)c(C=N[C@@H](C)CCc3ccco3)c2c(O)c1-c1c(C)cc2c(C(C)C)c(O)c(O)c(C=N[C@@H](C)CCc3ccco3)c2c1O. The van der Waals surface area contributed by atoms with Gasteiger partial charge in [0, 0.05) is 81.5 Å². The highest BCUT2D eigenvalue weighted by atomic mass is 16.3. The van der Waals surface area contributed by atoms with Crippen molar-refractivity contribution in [1.82, 2.24) is 0 Å². The van der Waals surface area contributed by atoms with Crippen LogP contribution in [0.15, 0.2) is 67.7 Å². The van der Waals surface area contributed by atoms with Gasteiger partial charge in [0.05, 0.1) is 12.5 Å². The summed E-state index contributed by atoms with van der Waals surface area (Å²) in [7, 11) is 0. The van der Waals surface area contributed by atoms with Crippen LogP contribution in [-0.4, -0.2) is 55.2 Å². The molecule has 6 rings (SSSR count). The summed E-state index contributed by atoms with van der Waals surface area (Å²) in [5.74, 6) is -0.599. The van der Waals surface area contributed by atoms with E-state index in [4.69, 9.17) is 18.8 Å². The Morgan fingerprint density at radius 1 is 0.554 bits per heavy atom. The molecule has 294 valence electrons. The Morgan fingerprint density at radius 3 is 1.25 bits per heavy atom. The Hall–Kier alpha value is -5.90. The quantitative estimate of drug-likeness (QED) is 0.0498. The second-order valence-corrected chi connectivity index (χ2v) is 15.5. The van der Waals surface area contributed by atoms with Gasteiger partial charge in [-0.3, -0.25) is 9.98 Å². The first-order valence-electron chi connectivity index (χ1n) is 19.2. The van der Waals surface area contributed by atoms with E-state index < -0.39 is 11.5 Å². The number of aromatic hydroxyl groups is 6. The zero-order chi connectivity index (χ0) is 40.6. The molecule has 0 saturated heterocycles. The van der Waals surface area contributed by atoms with E-state index in [1.54, 1.807) is 12.5 Å². The first-order valence-corrected chi connectivity index (χ1v) is 19.2. The Labute approximate surface area is 327 Å². The van der Waals surface area contributed by atoms with E-state index in [1.165, 1.54) is 12.4 Å². The van der Waals surface area contributed by atoms with E-state index in [0.717, 1.165) is 11.5 Å². The van der Waals surface area contributed by atoms with Gasteiger partial charge in [-0.2, -0.15) is 0 Å². The van der Waals surface area contributed by atoms with Crippen molar-refractivity contribution >= 4 is 34.0 Å². The van der Waals surface area contributed by atoms with E-state index in [0.29, 0.717) is 69.8 Å². The Kier molecular flexibility index (Phi) is 11.4. The smallest absolute Gasteiger partial charge is 0.167 e.